The molecule has 0 fully saturated rings. The molecule has 0 unspecified atom stereocenters. The first-order valence-corrected chi connectivity index (χ1v) is 24.5. The molecule has 0 saturated carbocycles. The van der Waals surface area contributed by atoms with Crippen LogP contribution in [0.25, 0.3) is 5.57 Å². The number of hydrogen-bond acceptors (Lipinski definition) is 15. The molecule has 77 heavy (non-hydrogen) atoms. The molecule has 0 aliphatic heterocycles. The van der Waals surface area contributed by atoms with Gasteiger partial charge in [-0.15, -0.1) is 6.58 Å². The van der Waals surface area contributed by atoms with Gasteiger partial charge < -0.3 is 43.6 Å². The zero-order chi connectivity index (χ0) is 58.5. The molecule has 6 aromatic rings. The van der Waals surface area contributed by atoms with Crippen LogP contribution in [0.4, 0.5) is 13.2 Å². The van der Waals surface area contributed by atoms with Gasteiger partial charge in [-0.25, -0.2) is 29.9 Å². The Labute approximate surface area is 506 Å². The van der Waals surface area contributed by atoms with Crippen LogP contribution < -0.4 is 85.3 Å². The van der Waals surface area contributed by atoms with Crippen LogP contribution in [0.3, 0.4) is 0 Å². The number of pyridine rings is 6. The van der Waals surface area contributed by atoms with E-state index in [4.69, 9.17) is 43.6 Å². The van der Waals surface area contributed by atoms with Crippen LogP contribution in [0, 0.1) is 0 Å². The van der Waals surface area contributed by atoms with Gasteiger partial charge in [-0.1, -0.05) is 85.7 Å². The van der Waals surface area contributed by atoms with Crippen molar-refractivity contribution in [1.29, 1.82) is 0 Å². The fourth-order valence-electron chi connectivity index (χ4n) is 5.64. The standard InChI is InChI=1S/C9H14BNO3.C9H12BrNO.C9H13NO2.C9H13NO.C9H11NO.C6H7NO.C4H8.CHF3.K/c1-6(2)8-4-7(10(12)13)5-11-9(8)14-3;1-6(2)8-4-7(10)5-11-9(8)12-3;1-6(2)8-4-7(11)5-10-9(8)12-3;2*1-7(2)8-5-4-6-10-9(8)11-3;1-8-6-4-2-3-5-7-6;1-4(2)3;2-1(3)4;/h4-6,12-13H,1-3H3;4-6H,1-3H3;4-6,11H,1-3H3;4-7H,1-3H3;4-6H,1H2,2-3H3;2-5H,1H3;1H2,2-3H3;1H;/q;;;;;;;;+1. The Balaban J connectivity index is -0.000000831. The first-order valence-electron chi connectivity index (χ1n) is 23.7. The smallest absolute Gasteiger partial charge is 0.506 e. The summed E-state index contributed by atoms with van der Waals surface area (Å²) >= 11 is 3.38. The summed E-state index contributed by atoms with van der Waals surface area (Å²) in [6, 6.07) is 18.7. The van der Waals surface area contributed by atoms with E-state index in [9.17, 15) is 13.2 Å². The van der Waals surface area contributed by atoms with Crippen LogP contribution in [-0.2, 0) is 0 Å². The molecular formula is C56H79BBrF3KN6O9+. The monoisotopic (exact) mass is 1170 g/mol. The maximum atomic E-state index is 9.67. The van der Waals surface area contributed by atoms with Crippen LogP contribution in [0.1, 0.15) is 128 Å². The summed E-state index contributed by atoms with van der Waals surface area (Å²) in [7, 11) is 8.13. The fourth-order valence-corrected chi connectivity index (χ4v) is 5.99. The number of nitrogens with zero attached hydrogens (tertiary/aromatic N) is 6. The number of alkyl halides is 3. The van der Waals surface area contributed by atoms with Gasteiger partial charge >= 0.3 is 65.2 Å². The summed E-state index contributed by atoms with van der Waals surface area (Å²) in [4.78, 5) is 24.1. The molecule has 6 heterocycles. The van der Waals surface area contributed by atoms with E-state index in [1.54, 1.807) is 85.6 Å². The van der Waals surface area contributed by atoms with E-state index in [1.165, 1.54) is 18.0 Å². The number of ether oxygens (including phenoxy) is 6. The van der Waals surface area contributed by atoms with Gasteiger partial charge in [-0.05, 0) is 102 Å². The van der Waals surface area contributed by atoms with Gasteiger partial charge in [0.05, 0.1) is 48.9 Å². The normalized spacial score (nSPS) is 9.61. The predicted octanol–water partition coefficient (Wildman–Crippen LogP) is 9.98. The number of halogens is 4. The molecule has 6 aromatic heterocycles. The molecule has 15 nitrogen and oxygen atoms in total. The van der Waals surface area contributed by atoms with Crippen molar-refractivity contribution in [3.8, 4) is 41.0 Å². The van der Waals surface area contributed by atoms with Crippen molar-refractivity contribution < 1.29 is 108 Å². The Morgan fingerprint density at radius 1 is 0.519 bits per heavy atom. The third-order valence-electron chi connectivity index (χ3n) is 9.24. The topological polar surface area (TPSA) is 193 Å². The Hall–Kier alpha value is -5.13. The molecule has 0 aromatic carbocycles. The van der Waals surface area contributed by atoms with Crippen molar-refractivity contribution in [2.45, 2.75) is 107 Å². The second-order valence-electron chi connectivity index (χ2n) is 17.2. The van der Waals surface area contributed by atoms with Crippen molar-refractivity contribution in [2.75, 3.05) is 42.7 Å². The minimum atomic E-state index is -3.67. The first kappa shape index (κ1) is 76.1. The van der Waals surface area contributed by atoms with Crippen molar-refractivity contribution in [3.05, 3.63) is 149 Å². The largest absolute Gasteiger partial charge is 1.00 e. The third-order valence-corrected chi connectivity index (χ3v) is 9.67. The second kappa shape index (κ2) is 43.8. The van der Waals surface area contributed by atoms with Gasteiger partial charge in [0.25, 0.3) is 0 Å². The van der Waals surface area contributed by atoms with E-state index in [0.29, 0.717) is 52.6 Å². The molecule has 0 bridgehead atoms. The van der Waals surface area contributed by atoms with Crippen molar-refractivity contribution >= 4 is 34.1 Å². The fraction of sp³-hybridized carbons (Fsp3) is 0.393. The molecular weight excluding hydrogens is 1090 g/mol. The molecule has 21 heteroatoms. The van der Waals surface area contributed by atoms with Crippen LogP contribution in [0.2, 0.25) is 0 Å². The molecule has 0 amide bonds. The maximum Gasteiger partial charge on any atom is 1.00 e. The number of rotatable bonds is 12. The molecule has 0 saturated heterocycles. The SMILES string of the molecule is C=C(C)C.C=C(C)c1cccnc1OC.COc1ccccn1.COc1ncc(B(O)O)cc1C(C)C.COc1ncc(Br)cc1C(C)C.COc1ncc(O)cc1C(C)C.COc1ncccc1C(C)C.FC(F)F.[K+]. The zero-order valence-corrected chi connectivity index (χ0v) is 52.8. The quantitative estimate of drug-likeness (QED) is 0.0774. The predicted molar refractivity (Wildman–Crippen MR) is 303 cm³/mol. The molecule has 0 radical (unpaired) electrons. The van der Waals surface area contributed by atoms with Crippen LogP contribution in [0.5, 0.6) is 41.0 Å². The Morgan fingerprint density at radius 3 is 1.27 bits per heavy atom. The molecule has 0 spiro atoms. The molecule has 418 valence electrons. The number of aromatic nitrogens is 6. The Bertz CT molecular complexity index is 2470. The summed E-state index contributed by atoms with van der Waals surface area (Å²) in [5.74, 6) is 5.49. The summed E-state index contributed by atoms with van der Waals surface area (Å²) in [6.45, 7) is 26.1. The van der Waals surface area contributed by atoms with Crippen molar-refractivity contribution in [3.63, 3.8) is 0 Å². The van der Waals surface area contributed by atoms with Crippen molar-refractivity contribution in [2.24, 2.45) is 0 Å². The van der Waals surface area contributed by atoms with E-state index in [2.05, 4.69) is 86.7 Å². The van der Waals surface area contributed by atoms with Crippen LogP contribution in [0.15, 0.2) is 121 Å². The summed E-state index contributed by atoms with van der Waals surface area (Å²) < 4.78 is 60.2. The Morgan fingerprint density at radius 2 is 0.909 bits per heavy atom. The molecule has 0 aliphatic rings. The molecule has 0 atom stereocenters. The van der Waals surface area contributed by atoms with Gasteiger partial charge in [-0.2, -0.15) is 13.2 Å². The van der Waals surface area contributed by atoms with Gasteiger partial charge in [0.1, 0.15) is 5.75 Å². The maximum absolute atomic E-state index is 9.67. The van der Waals surface area contributed by atoms with E-state index in [0.717, 1.165) is 43.7 Å². The summed E-state index contributed by atoms with van der Waals surface area (Å²) in [5.41, 5.74) is 7.58. The molecule has 6 rings (SSSR count). The zero-order valence-electron chi connectivity index (χ0n) is 48.1. The van der Waals surface area contributed by atoms with E-state index >= 15 is 0 Å². The second-order valence-corrected chi connectivity index (χ2v) is 18.1. The Kier molecular flexibility index (Phi) is 43.3. The van der Waals surface area contributed by atoms with Gasteiger partial charge in [-0.3, -0.25) is 0 Å². The summed E-state index contributed by atoms with van der Waals surface area (Å²) in [5, 5.41) is 27.1. The van der Waals surface area contributed by atoms with Crippen molar-refractivity contribution in [1.82, 2.24) is 29.9 Å². The number of allylic oxidation sites excluding steroid dienone is 2. The number of hydrogen-bond donors (Lipinski definition) is 3. The van der Waals surface area contributed by atoms with Crippen LogP contribution in [-0.4, -0.2) is 102 Å². The van der Waals surface area contributed by atoms with E-state index in [-0.39, 0.29) is 63.1 Å². The van der Waals surface area contributed by atoms with Gasteiger partial charge in [0.2, 0.25) is 35.3 Å². The van der Waals surface area contributed by atoms with E-state index < -0.39 is 13.8 Å². The molecule has 3 N–H and O–H groups in total. The average Bonchev–Trinajstić information content (AvgIpc) is 3.39. The van der Waals surface area contributed by atoms with Gasteiger partial charge in [0.15, 0.2) is 0 Å². The van der Waals surface area contributed by atoms with E-state index in [1.807, 2.05) is 90.9 Å². The minimum Gasteiger partial charge on any atom is -0.506 e. The number of methoxy groups -OCH3 is 6. The van der Waals surface area contributed by atoms with Crippen LogP contribution >= 0.6 is 15.9 Å². The summed E-state index contributed by atoms with van der Waals surface area (Å²) in [6.07, 6.45) is 9.65. The average molecular weight is 1170 g/mol. The number of aromatic hydroxyl groups is 1. The third kappa shape index (κ3) is 33.7. The molecule has 0 aliphatic carbocycles. The minimum absolute atomic E-state index is 0. The first-order chi connectivity index (χ1) is 35.8. The van der Waals surface area contributed by atoms with Gasteiger partial charge in [0, 0.05) is 74.8 Å².